The van der Waals surface area contributed by atoms with Gasteiger partial charge in [-0.05, 0) is 48.1 Å². The molecule has 1 saturated carbocycles. The molecule has 98 valence electrons. The average molecular weight is 285 g/mol. The summed E-state index contributed by atoms with van der Waals surface area (Å²) >= 11 is 12.0. The summed E-state index contributed by atoms with van der Waals surface area (Å²) in [7, 11) is 0. The van der Waals surface area contributed by atoms with Crippen LogP contribution in [-0.2, 0) is 0 Å². The van der Waals surface area contributed by atoms with E-state index in [0.29, 0.717) is 16.0 Å². The van der Waals surface area contributed by atoms with Crippen molar-refractivity contribution >= 4 is 29.3 Å². The second-order valence-corrected chi connectivity index (χ2v) is 5.79. The number of aliphatic hydroxyl groups is 1. The molecule has 18 heavy (non-hydrogen) atoms. The highest BCUT2D eigenvalue weighted by Gasteiger charge is 2.17. The van der Waals surface area contributed by atoms with Gasteiger partial charge in [-0.1, -0.05) is 48.5 Å². The Labute approximate surface area is 118 Å². The van der Waals surface area contributed by atoms with E-state index in [4.69, 9.17) is 23.2 Å². The predicted molar refractivity (Wildman–Crippen MR) is 78.1 cm³/mol. The molecule has 0 saturated heterocycles. The van der Waals surface area contributed by atoms with Crippen molar-refractivity contribution in [3.8, 4) is 0 Å². The number of rotatable bonds is 3. The molecular weight excluding hydrogens is 267 g/mol. The number of aliphatic hydroxyl groups excluding tert-OH is 1. The molecule has 1 aromatic rings. The van der Waals surface area contributed by atoms with E-state index in [1.54, 1.807) is 6.07 Å². The van der Waals surface area contributed by atoms with Crippen molar-refractivity contribution in [2.75, 3.05) is 6.61 Å². The summed E-state index contributed by atoms with van der Waals surface area (Å²) < 4.78 is 0. The molecule has 1 nitrogen and oxygen atoms in total. The van der Waals surface area contributed by atoms with Crippen LogP contribution >= 0.6 is 23.2 Å². The van der Waals surface area contributed by atoms with Crippen molar-refractivity contribution in [3.63, 3.8) is 0 Å². The Morgan fingerprint density at radius 1 is 1.11 bits per heavy atom. The monoisotopic (exact) mass is 284 g/mol. The van der Waals surface area contributed by atoms with Gasteiger partial charge in [-0.25, -0.2) is 0 Å². The van der Waals surface area contributed by atoms with Gasteiger partial charge in [0.05, 0.1) is 6.61 Å². The van der Waals surface area contributed by atoms with E-state index in [0.717, 1.165) is 11.1 Å². The molecule has 0 radical (unpaired) electrons. The van der Waals surface area contributed by atoms with Gasteiger partial charge in [-0.15, -0.1) is 0 Å². The molecule has 0 heterocycles. The lowest BCUT2D eigenvalue weighted by atomic mass is 9.83. The smallest absolute Gasteiger partial charge is 0.0647 e. The summed E-state index contributed by atoms with van der Waals surface area (Å²) in [6.45, 7) is 0.120. The van der Waals surface area contributed by atoms with E-state index in [1.165, 1.54) is 32.1 Å². The third kappa shape index (κ3) is 3.74. The molecule has 0 aromatic heterocycles. The van der Waals surface area contributed by atoms with Crippen LogP contribution in [-0.4, -0.2) is 11.7 Å². The molecule has 1 aliphatic carbocycles. The predicted octanol–water partition coefficient (Wildman–Crippen LogP) is 4.95. The van der Waals surface area contributed by atoms with Gasteiger partial charge >= 0.3 is 0 Å². The van der Waals surface area contributed by atoms with E-state index in [-0.39, 0.29) is 6.61 Å². The van der Waals surface area contributed by atoms with Crippen molar-refractivity contribution in [1.29, 1.82) is 0 Å². The maximum atomic E-state index is 9.54. The Morgan fingerprint density at radius 3 is 2.28 bits per heavy atom. The Morgan fingerprint density at radius 2 is 1.72 bits per heavy atom. The molecule has 0 atom stereocenters. The lowest BCUT2D eigenvalue weighted by Gasteiger charge is -2.23. The third-order valence-corrected chi connectivity index (χ3v) is 3.99. The van der Waals surface area contributed by atoms with Crippen molar-refractivity contribution < 1.29 is 5.11 Å². The largest absolute Gasteiger partial charge is 0.392 e. The van der Waals surface area contributed by atoms with Crippen molar-refractivity contribution in [2.24, 2.45) is 5.92 Å². The summed E-state index contributed by atoms with van der Waals surface area (Å²) in [6, 6.07) is 5.48. The standard InChI is InChI=1S/C15H18Cl2O/c16-14-7-11(8-15(17)9-14)6-13(10-18)12-4-2-1-3-5-12/h6-9,12,18H,1-5,10H2. The fourth-order valence-electron chi connectivity index (χ4n) is 2.64. The highest BCUT2D eigenvalue weighted by atomic mass is 35.5. The van der Waals surface area contributed by atoms with Crippen molar-refractivity contribution in [1.82, 2.24) is 0 Å². The van der Waals surface area contributed by atoms with E-state index in [2.05, 4.69) is 0 Å². The molecule has 1 aromatic carbocycles. The topological polar surface area (TPSA) is 20.2 Å². The number of benzene rings is 1. The van der Waals surface area contributed by atoms with Crippen LogP contribution in [0.4, 0.5) is 0 Å². The van der Waals surface area contributed by atoms with Crippen LogP contribution < -0.4 is 0 Å². The summed E-state index contributed by atoms with van der Waals surface area (Å²) in [4.78, 5) is 0. The van der Waals surface area contributed by atoms with Crippen molar-refractivity contribution in [3.05, 3.63) is 39.4 Å². The first-order chi connectivity index (χ1) is 8.69. The molecular formula is C15H18Cl2O. The van der Waals surface area contributed by atoms with Crippen LogP contribution in [0.25, 0.3) is 6.08 Å². The van der Waals surface area contributed by atoms with Gasteiger partial charge in [0.2, 0.25) is 0 Å². The highest BCUT2D eigenvalue weighted by Crippen LogP contribution is 2.31. The van der Waals surface area contributed by atoms with Gasteiger partial charge in [-0.3, -0.25) is 0 Å². The number of hydrogen-bond donors (Lipinski definition) is 1. The molecule has 1 fully saturated rings. The molecule has 0 spiro atoms. The maximum absolute atomic E-state index is 9.54. The van der Waals surface area contributed by atoms with E-state index >= 15 is 0 Å². The lowest BCUT2D eigenvalue weighted by molar-refractivity contribution is 0.295. The van der Waals surface area contributed by atoms with Crippen LogP contribution in [0.3, 0.4) is 0 Å². The minimum Gasteiger partial charge on any atom is -0.392 e. The number of hydrogen-bond acceptors (Lipinski definition) is 1. The third-order valence-electron chi connectivity index (χ3n) is 3.55. The Hall–Kier alpha value is -0.500. The zero-order valence-corrected chi connectivity index (χ0v) is 11.8. The van der Waals surface area contributed by atoms with Crippen LogP contribution in [0.15, 0.2) is 23.8 Å². The second-order valence-electron chi connectivity index (χ2n) is 4.92. The zero-order valence-electron chi connectivity index (χ0n) is 10.3. The molecule has 0 bridgehead atoms. The van der Waals surface area contributed by atoms with Gasteiger partial charge in [0.1, 0.15) is 0 Å². The summed E-state index contributed by atoms with van der Waals surface area (Å²) in [5.41, 5.74) is 2.08. The summed E-state index contributed by atoms with van der Waals surface area (Å²) in [5.74, 6) is 0.515. The Bertz CT molecular complexity index is 414. The first-order valence-electron chi connectivity index (χ1n) is 6.46. The van der Waals surface area contributed by atoms with E-state index in [1.807, 2.05) is 18.2 Å². The molecule has 1 aliphatic rings. The van der Waals surface area contributed by atoms with Crippen LogP contribution in [0, 0.1) is 5.92 Å². The van der Waals surface area contributed by atoms with Crippen LogP contribution in [0.5, 0.6) is 0 Å². The van der Waals surface area contributed by atoms with E-state index < -0.39 is 0 Å². The molecule has 0 aliphatic heterocycles. The fraction of sp³-hybridized carbons (Fsp3) is 0.467. The second kappa shape index (κ2) is 6.60. The van der Waals surface area contributed by atoms with Gasteiger partial charge in [-0.2, -0.15) is 0 Å². The SMILES string of the molecule is OCC(=Cc1cc(Cl)cc(Cl)c1)C1CCCCC1. The average Bonchev–Trinajstić information content (AvgIpc) is 2.36. The normalized spacial score (nSPS) is 18.1. The molecule has 1 N–H and O–H groups in total. The summed E-state index contributed by atoms with van der Waals surface area (Å²) in [5, 5.41) is 10.8. The van der Waals surface area contributed by atoms with Gasteiger partial charge < -0.3 is 5.11 Å². The molecule has 2 rings (SSSR count). The summed E-state index contributed by atoms with van der Waals surface area (Å²) in [6.07, 6.45) is 8.24. The number of halogens is 2. The molecule has 0 unspecified atom stereocenters. The van der Waals surface area contributed by atoms with Gasteiger partial charge in [0.15, 0.2) is 0 Å². The van der Waals surface area contributed by atoms with Crippen LogP contribution in [0.2, 0.25) is 10.0 Å². The molecule has 3 heteroatoms. The van der Waals surface area contributed by atoms with Crippen LogP contribution in [0.1, 0.15) is 37.7 Å². The lowest BCUT2D eigenvalue weighted by Crippen LogP contribution is -2.11. The van der Waals surface area contributed by atoms with Gasteiger partial charge in [0, 0.05) is 10.0 Å². The maximum Gasteiger partial charge on any atom is 0.0647 e. The Kier molecular flexibility index (Phi) is 5.11. The minimum atomic E-state index is 0.120. The first kappa shape index (κ1) is 13.9. The fourth-order valence-corrected chi connectivity index (χ4v) is 3.18. The Balaban J connectivity index is 2.22. The van der Waals surface area contributed by atoms with Gasteiger partial charge in [0.25, 0.3) is 0 Å². The van der Waals surface area contributed by atoms with Crippen molar-refractivity contribution in [2.45, 2.75) is 32.1 Å². The zero-order chi connectivity index (χ0) is 13.0. The van der Waals surface area contributed by atoms with E-state index in [9.17, 15) is 5.11 Å². The quantitative estimate of drug-likeness (QED) is 0.833. The molecule has 0 amide bonds. The highest BCUT2D eigenvalue weighted by molar-refractivity contribution is 6.34. The minimum absolute atomic E-state index is 0.120. The first-order valence-corrected chi connectivity index (χ1v) is 7.22.